The fourth-order valence-electron chi connectivity index (χ4n) is 1.11. The highest BCUT2D eigenvalue weighted by Crippen LogP contribution is 2.02. The van der Waals surface area contributed by atoms with Crippen molar-refractivity contribution >= 4 is 9.84 Å². The van der Waals surface area contributed by atoms with E-state index >= 15 is 0 Å². The Morgan fingerprint density at radius 3 is 2.44 bits per heavy atom. The highest BCUT2D eigenvalue weighted by molar-refractivity contribution is 7.91. The van der Waals surface area contributed by atoms with Crippen molar-refractivity contribution in [1.82, 2.24) is 0 Å². The van der Waals surface area contributed by atoms with Crippen molar-refractivity contribution < 1.29 is 13.7 Å². The third kappa shape index (κ3) is 1.66. The van der Waals surface area contributed by atoms with Gasteiger partial charge in [0.15, 0.2) is 9.84 Å². The Labute approximate surface area is 55.4 Å². The van der Waals surface area contributed by atoms with Gasteiger partial charge in [0.1, 0.15) is 5.25 Å². The Balaban J connectivity index is 2.63. The molecule has 1 fully saturated rings. The van der Waals surface area contributed by atoms with Gasteiger partial charge in [0, 0.05) is 12.7 Å². The van der Waals surface area contributed by atoms with Gasteiger partial charge in [0.25, 0.3) is 0 Å². The molecule has 0 spiro atoms. The minimum atomic E-state index is -2.73. The third-order valence-corrected chi connectivity index (χ3v) is 3.37. The van der Waals surface area contributed by atoms with E-state index < -0.39 is 9.84 Å². The minimum absolute atomic E-state index is 0.0718. The van der Waals surface area contributed by atoms with Crippen LogP contribution in [0.2, 0.25) is 0 Å². The van der Waals surface area contributed by atoms with Gasteiger partial charge in [0.2, 0.25) is 0 Å². The van der Waals surface area contributed by atoms with Crippen LogP contribution in [-0.4, -0.2) is 33.0 Å². The molecule has 9 heavy (non-hydrogen) atoms. The van der Waals surface area contributed by atoms with Crippen molar-refractivity contribution in [1.29, 1.82) is 0 Å². The number of rotatable bonds is 1. The van der Waals surface area contributed by atoms with Gasteiger partial charge in [-0.2, -0.15) is 0 Å². The number of hydrogen-bond donors (Lipinski definition) is 1. The molecule has 0 amide bonds. The van der Waals surface area contributed by atoms with Gasteiger partial charge in [0.05, 0.1) is 13.1 Å². The lowest BCUT2D eigenvalue weighted by atomic mass is 10.4. The Bertz CT molecular complexity index is 179. The van der Waals surface area contributed by atoms with E-state index in [1.807, 2.05) is 5.32 Å². The summed E-state index contributed by atoms with van der Waals surface area (Å²) in [6.07, 6.45) is 2.15. The molecule has 1 saturated heterocycles. The summed E-state index contributed by atoms with van der Waals surface area (Å²) in [5, 5.41) is 1.98. The van der Waals surface area contributed by atoms with Crippen LogP contribution in [0.1, 0.15) is 6.42 Å². The molecule has 0 bridgehead atoms. The summed E-state index contributed by atoms with van der Waals surface area (Å²) >= 11 is 0. The fourth-order valence-corrected chi connectivity index (χ4v) is 2.16. The van der Waals surface area contributed by atoms with E-state index in [0.29, 0.717) is 0 Å². The van der Waals surface area contributed by atoms with Crippen LogP contribution in [0, 0.1) is 0 Å². The zero-order valence-electron chi connectivity index (χ0n) is 5.50. The second kappa shape index (κ2) is 2.27. The van der Waals surface area contributed by atoms with E-state index in [4.69, 9.17) is 0 Å². The van der Waals surface area contributed by atoms with Crippen LogP contribution in [0.3, 0.4) is 0 Å². The Kier molecular flexibility index (Phi) is 1.77. The quantitative estimate of drug-likeness (QED) is 0.488. The van der Waals surface area contributed by atoms with Gasteiger partial charge < -0.3 is 5.32 Å². The summed E-state index contributed by atoms with van der Waals surface area (Å²) in [5.41, 5.74) is 0. The molecule has 1 heterocycles. The third-order valence-electron chi connectivity index (χ3n) is 1.73. The van der Waals surface area contributed by atoms with Crippen molar-refractivity contribution in [2.75, 3.05) is 19.3 Å². The van der Waals surface area contributed by atoms with Gasteiger partial charge in [-0.25, -0.2) is 8.42 Å². The number of hydrogen-bond acceptors (Lipinski definition) is 2. The van der Waals surface area contributed by atoms with Crippen LogP contribution in [0.4, 0.5) is 0 Å². The Hall–Kier alpha value is -0.0900. The van der Waals surface area contributed by atoms with Crippen molar-refractivity contribution in [3.63, 3.8) is 0 Å². The molecule has 0 aromatic heterocycles. The summed E-state index contributed by atoms with van der Waals surface area (Å²) in [7, 11) is -2.73. The molecule has 0 aromatic rings. The first-order chi connectivity index (χ1) is 4.11. The van der Waals surface area contributed by atoms with Crippen molar-refractivity contribution in [3.8, 4) is 0 Å². The molecule has 0 unspecified atom stereocenters. The second-order valence-corrected chi connectivity index (χ2v) is 4.88. The lowest BCUT2D eigenvalue weighted by Gasteiger charge is -1.99. The summed E-state index contributed by atoms with van der Waals surface area (Å²) in [6, 6.07) is 0. The molecule has 0 radical (unpaired) electrons. The molecule has 4 heteroatoms. The van der Waals surface area contributed by atoms with E-state index in [1.165, 1.54) is 6.26 Å². The molecule has 1 atom stereocenters. The largest absolute Gasteiger partial charge is 0.345 e. The molecule has 1 rings (SSSR count). The van der Waals surface area contributed by atoms with Crippen molar-refractivity contribution in [3.05, 3.63) is 0 Å². The average Bonchev–Trinajstić information content (AvgIpc) is 2.08. The number of nitrogens with two attached hydrogens (primary N) is 1. The Morgan fingerprint density at radius 1 is 1.56 bits per heavy atom. The maximum absolute atomic E-state index is 10.8. The van der Waals surface area contributed by atoms with E-state index in [0.717, 1.165) is 19.5 Å². The normalized spacial score (nSPS) is 28.8. The van der Waals surface area contributed by atoms with Gasteiger partial charge >= 0.3 is 0 Å². The minimum Gasteiger partial charge on any atom is -0.345 e. The van der Waals surface area contributed by atoms with Gasteiger partial charge in [-0.15, -0.1) is 0 Å². The summed E-state index contributed by atoms with van der Waals surface area (Å²) in [6.45, 7) is 1.73. The lowest BCUT2D eigenvalue weighted by Crippen LogP contribution is -2.81. The van der Waals surface area contributed by atoms with Gasteiger partial charge in [-0.1, -0.05) is 0 Å². The first-order valence-corrected chi connectivity index (χ1v) is 5.06. The van der Waals surface area contributed by atoms with Gasteiger partial charge in [-0.05, 0) is 0 Å². The molecule has 3 nitrogen and oxygen atoms in total. The average molecular weight is 150 g/mol. The van der Waals surface area contributed by atoms with Crippen LogP contribution in [-0.2, 0) is 9.84 Å². The van der Waals surface area contributed by atoms with Crippen molar-refractivity contribution in [2.24, 2.45) is 0 Å². The summed E-state index contributed by atoms with van der Waals surface area (Å²) < 4.78 is 21.6. The van der Waals surface area contributed by atoms with Gasteiger partial charge in [-0.3, -0.25) is 0 Å². The predicted octanol–water partition coefficient (Wildman–Crippen LogP) is -1.63. The van der Waals surface area contributed by atoms with Crippen molar-refractivity contribution in [2.45, 2.75) is 11.7 Å². The van der Waals surface area contributed by atoms with E-state index in [2.05, 4.69) is 0 Å². The maximum atomic E-state index is 10.8. The molecule has 0 saturated carbocycles. The number of quaternary nitrogens is 1. The molecule has 1 aliphatic rings. The standard InChI is InChI=1S/C5H11NO2S/c1-9(7,8)5-2-3-6-4-5/h5-6H,2-4H2,1H3/p+1/t5-/m1/s1. The SMILES string of the molecule is CS(=O)(=O)[C@@H]1CC[NH2+]C1. The predicted molar refractivity (Wildman–Crippen MR) is 34.9 cm³/mol. The highest BCUT2D eigenvalue weighted by atomic mass is 32.2. The first kappa shape index (κ1) is 7.02. The first-order valence-electron chi connectivity index (χ1n) is 3.11. The molecule has 54 valence electrons. The summed E-state index contributed by atoms with van der Waals surface area (Å²) in [4.78, 5) is 0. The zero-order chi connectivity index (χ0) is 6.91. The van der Waals surface area contributed by atoms with Crippen LogP contribution in [0.25, 0.3) is 0 Å². The molecule has 2 N–H and O–H groups in total. The van der Waals surface area contributed by atoms with Crippen LogP contribution in [0.15, 0.2) is 0 Å². The van der Waals surface area contributed by atoms with E-state index in [1.54, 1.807) is 0 Å². The van der Waals surface area contributed by atoms with Crippen LogP contribution >= 0.6 is 0 Å². The van der Waals surface area contributed by atoms with E-state index in [9.17, 15) is 8.42 Å². The van der Waals surface area contributed by atoms with E-state index in [-0.39, 0.29) is 5.25 Å². The topological polar surface area (TPSA) is 50.8 Å². The monoisotopic (exact) mass is 150 g/mol. The molecular formula is C5H12NO2S+. The molecule has 1 aliphatic heterocycles. The number of sulfone groups is 1. The lowest BCUT2D eigenvalue weighted by molar-refractivity contribution is -0.635. The van der Waals surface area contributed by atoms with Crippen LogP contribution < -0.4 is 5.32 Å². The molecular weight excluding hydrogens is 138 g/mol. The zero-order valence-corrected chi connectivity index (χ0v) is 6.32. The summed E-state index contributed by atoms with van der Waals surface area (Å²) in [5.74, 6) is 0. The van der Waals surface area contributed by atoms with Crippen LogP contribution in [0.5, 0.6) is 0 Å². The smallest absolute Gasteiger partial charge is 0.156 e. The fraction of sp³-hybridized carbons (Fsp3) is 1.00. The Morgan fingerprint density at radius 2 is 2.22 bits per heavy atom. The maximum Gasteiger partial charge on any atom is 0.156 e. The molecule has 0 aromatic carbocycles. The highest BCUT2D eigenvalue weighted by Gasteiger charge is 2.27. The second-order valence-electron chi connectivity index (χ2n) is 2.55. The molecule has 0 aliphatic carbocycles.